The standard InChI is InChI=1S/C24H30ClFN2O3/c1-5-11-27-24(30)21(6-2)28(14-18-7-9-19(26)10-8-18)22(29)15-31-20-12-16(3)23(25)17(4)13-20/h7-10,12-13,21H,5-6,11,14-15H2,1-4H3,(H,27,30)/t21-/m0/s1. The molecule has 2 aromatic rings. The first-order valence-corrected chi connectivity index (χ1v) is 10.9. The van der Waals surface area contributed by atoms with E-state index in [1.807, 2.05) is 27.7 Å². The molecule has 0 heterocycles. The maximum absolute atomic E-state index is 13.3. The normalized spacial score (nSPS) is 11.7. The zero-order valence-corrected chi connectivity index (χ0v) is 19.3. The Balaban J connectivity index is 2.21. The van der Waals surface area contributed by atoms with Gasteiger partial charge in [-0.1, -0.05) is 37.6 Å². The fraction of sp³-hybridized carbons (Fsp3) is 0.417. The highest BCUT2D eigenvalue weighted by Crippen LogP contribution is 2.26. The largest absolute Gasteiger partial charge is 0.484 e. The summed E-state index contributed by atoms with van der Waals surface area (Å²) in [6.45, 7) is 8.05. The maximum atomic E-state index is 13.3. The van der Waals surface area contributed by atoms with E-state index in [-0.39, 0.29) is 30.8 Å². The molecule has 7 heteroatoms. The summed E-state index contributed by atoms with van der Waals surface area (Å²) < 4.78 is 19.0. The van der Waals surface area contributed by atoms with Crippen LogP contribution in [0.4, 0.5) is 4.39 Å². The fourth-order valence-electron chi connectivity index (χ4n) is 3.29. The van der Waals surface area contributed by atoms with Crippen molar-refractivity contribution >= 4 is 23.4 Å². The zero-order chi connectivity index (χ0) is 23.0. The van der Waals surface area contributed by atoms with E-state index in [2.05, 4.69) is 5.32 Å². The zero-order valence-electron chi connectivity index (χ0n) is 18.5. The average molecular weight is 449 g/mol. The second-order valence-corrected chi connectivity index (χ2v) is 7.90. The Kier molecular flexibility index (Phi) is 9.31. The number of halogens is 2. The number of carbonyl (C=O) groups is 2. The van der Waals surface area contributed by atoms with Crippen LogP contribution >= 0.6 is 11.6 Å². The third kappa shape index (κ3) is 6.96. The fourth-order valence-corrected chi connectivity index (χ4v) is 3.40. The Morgan fingerprint density at radius 1 is 1.13 bits per heavy atom. The molecule has 0 aliphatic rings. The van der Waals surface area contributed by atoms with Crippen molar-refractivity contribution in [1.82, 2.24) is 10.2 Å². The van der Waals surface area contributed by atoms with Gasteiger partial charge in [0.25, 0.3) is 5.91 Å². The van der Waals surface area contributed by atoms with E-state index in [1.54, 1.807) is 24.3 Å². The number of nitrogens with one attached hydrogen (secondary N) is 1. The van der Waals surface area contributed by atoms with E-state index in [4.69, 9.17) is 16.3 Å². The van der Waals surface area contributed by atoms with Crippen molar-refractivity contribution in [2.45, 2.75) is 53.1 Å². The van der Waals surface area contributed by atoms with Crippen LogP contribution in [-0.4, -0.2) is 35.9 Å². The van der Waals surface area contributed by atoms with Crippen LogP contribution in [-0.2, 0) is 16.1 Å². The van der Waals surface area contributed by atoms with E-state index in [0.29, 0.717) is 23.7 Å². The SMILES string of the molecule is CCCNC(=O)[C@H](CC)N(Cc1ccc(F)cc1)C(=O)COc1cc(C)c(Cl)c(C)c1. The molecule has 2 rings (SSSR count). The molecule has 0 saturated heterocycles. The molecule has 31 heavy (non-hydrogen) atoms. The number of amides is 2. The first-order chi connectivity index (χ1) is 14.8. The summed E-state index contributed by atoms with van der Waals surface area (Å²) in [5, 5.41) is 3.52. The molecule has 2 amide bonds. The van der Waals surface area contributed by atoms with Gasteiger partial charge in [-0.3, -0.25) is 9.59 Å². The minimum absolute atomic E-state index is 0.180. The van der Waals surface area contributed by atoms with Gasteiger partial charge in [0, 0.05) is 18.1 Å². The first-order valence-electron chi connectivity index (χ1n) is 10.5. The molecule has 1 atom stereocenters. The number of hydrogen-bond donors (Lipinski definition) is 1. The van der Waals surface area contributed by atoms with Crippen LogP contribution in [0, 0.1) is 19.7 Å². The Labute approximate surface area is 188 Å². The monoisotopic (exact) mass is 448 g/mol. The predicted octanol–water partition coefficient (Wildman–Crippen LogP) is 4.81. The summed E-state index contributed by atoms with van der Waals surface area (Å²) in [6, 6.07) is 8.80. The van der Waals surface area contributed by atoms with E-state index in [0.717, 1.165) is 23.1 Å². The van der Waals surface area contributed by atoms with E-state index >= 15 is 0 Å². The van der Waals surface area contributed by atoms with Crippen LogP contribution < -0.4 is 10.1 Å². The second-order valence-electron chi connectivity index (χ2n) is 7.52. The van der Waals surface area contributed by atoms with Gasteiger partial charge in [-0.25, -0.2) is 4.39 Å². The lowest BCUT2D eigenvalue weighted by Gasteiger charge is -2.30. The highest BCUT2D eigenvalue weighted by atomic mass is 35.5. The first kappa shape index (κ1) is 24.7. The minimum Gasteiger partial charge on any atom is -0.484 e. The molecular weight excluding hydrogens is 419 g/mol. The van der Waals surface area contributed by atoms with Gasteiger partial charge < -0.3 is 15.0 Å². The molecule has 0 aliphatic carbocycles. The van der Waals surface area contributed by atoms with Crippen molar-refractivity contribution in [3.05, 3.63) is 63.9 Å². The number of rotatable bonds is 10. The summed E-state index contributed by atoms with van der Waals surface area (Å²) in [4.78, 5) is 27.3. The van der Waals surface area contributed by atoms with Gasteiger partial charge in [-0.05, 0) is 67.6 Å². The summed E-state index contributed by atoms with van der Waals surface area (Å²) in [6.07, 6.45) is 1.24. The van der Waals surface area contributed by atoms with Crippen LogP contribution in [0.25, 0.3) is 0 Å². The van der Waals surface area contributed by atoms with Crippen LogP contribution in [0.3, 0.4) is 0 Å². The molecule has 168 valence electrons. The van der Waals surface area contributed by atoms with Crippen molar-refractivity contribution in [2.24, 2.45) is 0 Å². The molecule has 0 saturated carbocycles. The lowest BCUT2D eigenvalue weighted by Crippen LogP contribution is -2.50. The third-order valence-corrected chi connectivity index (χ3v) is 5.57. The van der Waals surface area contributed by atoms with Crippen LogP contribution in [0.15, 0.2) is 36.4 Å². The van der Waals surface area contributed by atoms with E-state index < -0.39 is 6.04 Å². The smallest absolute Gasteiger partial charge is 0.261 e. The van der Waals surface area contributed by atoms with Crippen molar-refractivity contribution in [2.75, 3.05) is 13.2 Å². The summed E-state index contributed by atoms with van der Waals surface area (Å²) >= 11 is 6.20. The van der Waals surface area contributed by atoms with Gasteiger partial charge in [0.1, 0.15) is 17.6 Å². The average Bonchev–Trinajstić information content (AvgIpc) is 2.75. The molecular formula is C24H30ClFN2O3. The quantitative estimate of drug-likeness (QED) is 0.567. The highest BCUT2D eigenvalue weighted by molar-refractivity contribution is 6.32. The van der Waals surface area contributed by atoms with Gasteiger partial charge in [0.15, 0.2) is 6.61 Å². The number of aryl methyl sites for hydroxylation is 2. The van der Waals surface area contributed by atoms with Gasteiger partial charge in [-0.2, -0.15) is 0 Å². The van der Waals surface area contributed by atoms with Gasteiger partial charge in [0.2, 0.25) is 5.91 Å². The predicted molar refractivity (Wildman–Crippen MR) is 121 cm³/mol. The Morgan fingerprint density at radius 2 is 1.74 bits per heavy atom. The number of hydrogen-bond acceptors (Lipinski definition) is 3. The Hall–Kier alpha value is -2.60. The van der Waals surface area contributed by atoms with Gasteiger partial charge >= 0.3 is 0 Å². The molecule has 0 unspecified atom stereocenters. The summed E-state index contributed by atoms with van der Waals surface area (Å²) in [7, 11) is 0. The Bertz CT molecular complexity index is 879. The maximum Gasteiger partial charge on any atom is 0.261 e. The van der Waals surface area contributed by atoms with Crippen LogP contribution in [0.5, 0.6) is 5.75 Å². The molecule has 0 radical (unpaired) electrons. The molecule has 5 nitrogen and oxygen atoms in total. The number of ether oxygens (including phenoxy) is 1. The summed E-state index contributed by atoms with van der Waals surface area (Å²) in [5.41, 5.74) is 2.45. The molecule has 0 spiro atoms. The molecule has 0 fully saturated rings. The van der Waals surface area contributed by atoms with Crippen LogP contribution in [0.1, 0.15) is 43.4 Å². The lowest BCUT2D eigenvalue weighted by atomic mass is 10.1. The van der Waals surface area contributed by atoms with Crippen LogP contribution in [0.2, 0.25) is 5.02 Å². The third-order valence-electron chi connectivity index (χ3n) is 4.97. The van der Waals surface area contributed by atoms with Crippen molar-refractivity contribution in [3.8, 4) is 5.75 Å². The Morgan fingerprint density at radius 3 is 2.29 bits per heavy atom. The highest BCUT2D eigenvalue weighted by Gasteiger charge is 2.28. The van der Waals surface area contributed by atoms with E-state index in [9.17, 15) is 14.0 Å². The van der Waals surface area contributed by atoms with Crippen molar-refractivity contribution < 1.29 is 18.7 Å². The molecule has 0 bridgehead atoms. The lowest BCUT2D eigenvalue weighted by molar-refractivity contribution is -0.143. The van der Waals surface area contributed by atoms with E-state index in [1.165, 1.54) is 17.0 Å². The van der Waals surface area contributed by atoms with Gasteiger partial charge in [0.05, 0.1) is 0 Å². The number of benzene rings is 2. The van der Waals surface area contributed by atoms with Gasteiger partial charge in [-0.15, -0.1) is 0 Å². The molecule has 0 aromatic heterocycles. The number of carbonyl (C=O) groups excluding carboxylic acids is 2. The molecule has 0 aliphatic heterocycles. The molecule has 2 aromatic carbocycles. The second kappa shape index (κ2) is 11.7. The van der Waals surface area contributed by atoms with Crippen molar-refractivity contribution in [3.63, 3.8) is 0 Å². The van der Waals surface area contributed by atoms with Crippen molar-refractivity contribution in [1.29, 1.82) is 0 Å². The minimum atomic E-state index is -0.651. The topological polar surface area (TPSA) is 58.6 Å². The molecule has 1 N–H and O–H groups in total. The number of nitrogens with zero attached hydrogens (tertiary/aromatic N) is 1. The summed E-state index contributed by atoms with van der Waals surface area (Å²) in [5.74, 6) is -0.352.